The molecule has 1 aromatic carbocycles. The smallest absolute Gasteiger partial charge is 0.326 e. The van der Waals surface area contributed by atoms with Crippen molar-refractivity contribution in [2.75, 3.05) is 5.32 Å². The summed E-state index contributed by atoms with van der Waals surface area (Å²) in [6.07, 6.45) is 7.29. The molecule has 11 heteroatoms. The van der Waals surface area contributed by atoms with Crippen LogP contribution in [0.2, 0.25) is 0 Å². The molecule has 1 atom stereocenters. The standard InChI is InChI=1S/C20H25N7O4/c1-2-3-4-5-9-15(20(30)31)27-10-16(21-12-27)22-19(29)14-8-6-7-13(11-28)17(14)18-23-25-26-24-18/h6-8,10,12,15,28H,2-5,9,11H2,1H3,(H,22,29)(H,30,31)(H,23,24,25,26). The van der Waals surface area contributed by atoms with Crippen LogP contribution in [0.3, 0.4) is 0 Å². The molecule has 31 heavy (non-hydrogen) atoms. The fraction of sp³-hybridized carbons (Fsp3) is 0.400. The second kappa shape index (κ2) is 10.4. The van der Waals surface area contributed by atoms with Gasteiger partial charge in [-0.15, -0.1) is 10.2 Å². The van der Waals surface area contributed by atoms with Gasteiger partial charge in [-0.25, -0.2) is 9.78 Å². The first-order valence-corrected chi connectivity index (χ1v) is 10.1. The van der Waals surface area contributed by atoms with E-state index in [4.69, 9.17) is 0 Å². The number of anilines is 1. The number of aromatic nitrogens is 6. The number of tetrazole rings is 1. The molecule has 0 radical (unpaired) electrons. The number of aliphatic hydroxyl groups is 1. The minimum absolute atomic E-state index is 0.179. The Morgan fingerprint density at radius 2 is 2.10 bits per heavy atom. The maximum atomic E-state index is 12.9. The van der Waals surface area contributed by atoms with Crippen molar-refractivity contribution in [2.24, 2.45) is 0 Å². The first-order valence-electron chi connectivity index (χ1n) is 10.1. The normalized spacial score (nSPS) is 11.9. The van der Waals surface area contributed by atoms with E-state index in [0.29, 0.717) is 17.5 Å². The minimum Gasteiger partial charge on any atom is -0.480 e. The van der Waals surface area contributed by atoms with Crippen LogP contribution in [-0.2, 0) is 11.4 Å². The highest BCUT2D eigenvalue weighted by Gasteiger charge is 2.22. The summed E-state index contributed by atoms with van der Waals surface area (Å²) in [6.45, 7) is 1.79. The van der Waals surface area contributed by atoms with Gasteiger partial charge in [0, 0.05) is 11.8 Å². The molecule has 2 heterocycles. The molecule has 0 aliphatic heterocycles. The number of carboxylic acids is 1. The molecule has 0 bridgehead atoms. The van der Waals surface area contributed by atoms with Crippen LogP contribution in [0, 0.1) is 0 Å². The summed E-state index contributed by atoms with van der Waals surface area (Å²) >= 11 is 0. The van der Waals surface area contributed by atoms with Crippen LogP contribution in [0.1, 0.15) is 61.0 Å². The van der Waals surface area contributed by atoms with E-state index in [0.717, 1.165) is 25.7 Å². The zero-order chi connectivity index (χ0) is 22.2. The number of carbonyl (C=O) groups excluding carboxylic acids is 1. The average molecular weight is 427 g/mol. The maximum Gasteiger partial charge on any atom is 0.326 e. The van der Waals surface area contributed by atoms with E-state index in [1.54, 1.807) is 18.2 Å². The van der Waals surface area contributed by atoms with Crippen LogP contribution in [0.25, 0.3) is 11.4 Å². The lowest BCUT2D eigenvalue weighted by Crippen LogP contribution is -2.18. The van der Waals surface area contributed by atoms with Crippen LogP contribution in [0.15, 0.2) is 30.7 Å². The summed E-state index contributed by atoms with van der Waals surface area (Å²) in [5.74, 6) is -1.03. The molecule has 0 saturated heterocycles. The summed E-state index contributed by atoms with van der Waals surface area (Å²) in [5, 5.41) is 35.5. The predicted molar refractivity (Wildman–Crippen MR) is 111 cm³/mol. The molecule has 0 saturated carbocycles. The molecule has 3 aromatic rings. The van der Waals surface area contributed by atoms with Crippen LogP contribution in [0.5, 0.6) is 0 Å². The van der Waals surface area contributed by atoms with Crippen molar-refractivity contribution in [3.63, 3.8) is 0 Å². The number of aromatic amines is 1. The van der Waals surface area contributed by atoms with E-state index in [1.807, 2.05) is 0 Å². The Bertz CT molecular complexity index is 1020. The molecule has 0 fully saturated rings. The number of imidazole rings is 1. The van der Waals surface area contributed by atoms with Crippen molar-refractivity contribution in [1.82, 2.24) is 30.2 Å². The molecule has 2 aromatic heterocycles. The molecule has 1 amide bonds. The number of benzene rings is 1. The Hall–Kier alpha value is -3.60. The quantitative estimate of drug-likeness (QED) is 0.339. The van der Waals surface area contributed by atoms with Gasteiger partial charge in [0.05, 0.1) is 18.5 Å². The van der Waals surface area contributed by atoms with Crippen molar-refractivity contribution in [3.8, 4) is 11.4 Å². The number of carbonyl (C=O) groups is 2. The van der Waals surface area contributed by atoms with Gasteiger partial charge in [0.15, 0.2) is 5.82 Å². The summed E-state index contributed by atoms with van der Waals surface area (Å²) in [7, 11) is 0. The first-order chi connectivity index (χ1) is 15.0. The van der Waals surface area contributed by atoms with E-state index < -0.39 is 17.9 Å². The zero-order valence-electron chi connectivity index (χ0n) is 17.2. The van der Waals surface area contributed by atoms with Crippen LogP contribution >= 0.6 is 0 Å². The molecule has 0 spiro atoms. The molecule has 4 N–H and O–H groups in total. The number of carboxylic acid groups (broad SMARTS) is 1. The lowest BCUT2D eigenvalue weighted by atomic mass is 10.00. The lowest BCUT2D eigenvalue weighted by Gasteiger charge is -2.13. The Morgan fingerprint density at radius 1 is 1.26 bits per heavy atom. The number of amides is 1. The minimum atomic E-state index is -0.943. The van der Waals surface area contributed by atoms with Crippen molar-refractivity contribution in [2.45, 2.75) is 51.7 Å². The topological polar surface area (TPSA) is 159 Å². The highest BCUT2D eigenvalue weighted by molar-refractivity contribution is 6.08. The van der Waals surface area contributed by atoms with Gasteiger partial charge in [0.25, 0.3) is 5.91 Å². The van der Waals surface area contributed by atoms with Gasteiger partial charge in [-0.2, -0.15) is 5.21 Å². The molecule has 11 nitrogen and oxygen atoms in total. The Balaban J connectivity index is 1.78. The lowest BCUT2D eigenvalue weighted by molar-refractivity contribution is -0.141. The van der Waals surface area contributed by atoms with Crippen LogP contribution in [0.4, 0.5) is 5.82 Å². The average Bonchev–Trinajstić information content (AvgIpc) is 3.45. The van der Waals surface area contributed by atoms with E-state index in [2.05, 4.69) is 37.8 Å². The summed E-state index contributed by atoms with van der Waals surface area (Å²) in [5.41, 5.74) is 1.06. The molecule has 0 aliphatic carbocycles. The van der Waals surface area contributed by atoms with Gasteiger partial charge in [0.1, 0.15) is 6.04 Å². The van der Waals surface area contributed by atoms with E-state index in [9.17, 15) is 19.8 Å². The van der Waals surface area contributed by atoms with Gasteiger partial charge >= 0.3 is 5.97 Å². The number of unbranched alkanes of at least 4 members (excludes halogenated alkanes) is 3. The van der Waals surface area contributed by atoms with Crippen molar-refractivity contribution < 1.29 is 19.8 Å². The number of rotatable bonds is 11. The van der Waals surface area contributed by atoms with Crippen LogP contribution < -0.4 is 5.32 Å². The number of H-pyrrole nitrogens is 1. The number of nitrogens with one attached hydrogen (secondary N) is 2. The Labute approximate surface area is 178 Å². The third-order valence-corrected chi connectivity index (χ3v) is 4.95. The predicted octanol–water partition coefficient (Wildman–Crippen LogP) is 2.40. The Kier molecular flexibility index (Phi) is 7.44. The van der Waals surface area contributed by atoms with E-state index in [-0.39, 0.29) is 23.8 Å². The van der Waals surface area contributed by atoms with Crippen molar-refractivity contribution in [1.29, 1.82) is 0 Å². The largest absolute Gasteiger partial charge is 0.480 e. The maximum absolute atomic E-state index is 12.9. The monoisotopic (exact) mass is 427 g/mol. The van der Waals surface area contributed by atoms with Gasteiger partial charge in [-0.3, -0.25) is 4.79 Å². The number of nitrogens with zero attached hydrogens (tertiary/aromatic N) is 5. The highest BCUT2D eigenvalue weighted by Crippen LogP contribution is 2.26. The van der Waals surface area contributed by atoms with Gasteiger partial charge in [-0.1, -0.05) is 44.7 Å². The van der Waals surface area contributed by atoms with Crippen molar-refractivity contribution >= 4 is 17.7 Å². The SMILES string of the molecule is CCCCCCC(C(=O)O)n1cnc(NC(=O)c2cccc(CO)c2-c2nn[nH]n2)c1. The van der Waals surface area contributed by atoms with Crippen molar-refractivity contribution in [3.05, 3.63) is 41.9 Å². The fourth-order valence-corrected chi connectivity index (χ4v) is 3.37. The Morgan fingerprint density at radius 3 is 2.77 bits per heavy atom. The number of hydrogen-bond acceptors (Lipinski definition) is 7. The summed E-state index contributed by atoms with van der Waals surface area (Å²) < 4.78 is 1.49. The van der Waals surface area contributed by atoms with Crippen LogP contribution in [-0.4, -0.2) is 52.3 Å². The third kappa shape index (κ3) is 5.31. The molecule has 164 valence electrons. The molecular formula is C20H25N7O4. The summed E-state index contributed by atoms with van der Waals surface area (Å²) in [6, 6.07) is 4.13. The molecular weight excluding hydrogens is 402 g/mol. The zero-order valence-corrected chi connectivity index (χ0v) is 17.2. The summed E-state index contributed by atoms with van der Waals surface area (Å²) in [4.78, 5) is 28.7. The van der Waals surface area contributed by atoms with E-state index in [1.165, 1.54) is 17.1 Å². The van der Waals surface area contributed by atoms with Gasteiger partial charge in [0.2, 0.25) is 5.82 Å². The van der Waals surface area contributed by atoms with Gasteiger partial charge < -0.3 is 20.1 Å². The number of aliphatic hydroxyl groups excluding tert-OH is 1. The second-order valence-corrected chi connectivity index (χ2v) is 7.10. The number of hydrogen-bond donors (Lipinski definition) is 4. The molecule has 0 aliphatic rings. The second-order valence-electron chi connectivity index (χ2n) is 7.10. The van der Waals surface area contributed by atoms with E-state index >= 15 is 0 Å². The first kappa shape index (κ1) is 22.1. The third-order valence-electron chi connectivity index (χ3n) is 4.95. The fourth-order valence-electron chi connectivity index (χ4n) is 3.37. The van der Waals surface area contributed by atoms with Gasteiger partial charge in [-0.05, 0) is 23.3 Å². The molecule has 1 unspecified atom stereocenters. The molecule has 3 rings (SSSR count). The highest BCUT2D eigenvalue weighted by atomic mass is 16.4. The number of aliphatic carboxylic acids is 1.